The molecule has 1 atom stereocenters. The predicted octanol–water partition coefficient (Wildman–Crippen LogP) is 3.27. The number of hydrogen-bond donors (Lipinski definition) is 1. The lowest BCUT2D eigenvalue weighted by Crippen LogP contribution is -2.53. The van der Waals surface area contributed by atoms with Gasteiger partial charge in [0.1, 0.15) is 11.0 Å². The Bertz CT molecular complexity index is 1010. The van der Waals surface area contributed by atoms with Gasteiger partial charge in [0.25, 0.3) is 5.91 Å². The van der Waals surface area contributed by atoms with Crippen LogP contribution in [0.2, 0.25) is 0 Å². The number of nitrogens with one attached hydrogen (secondary N) is 1. The second-order valence-corrected chi connectivity index (χ2v) is 8.53. The van der Waals surface area contributed by atoms with Crippen molar-refractivity contribution in [2.24, 2.45) is 0 Å². The van der Waals surface area contributed by atoms with E-state index in [2.05, 4.69) is 27.7 Å². The average Bonchev–Trinajstić information content (AvgIpc) is 3.28. The first-order valence-corrected chi connectivity index (χ1v) is 11.3. The maximum Gasteiger partial charge on any atom is 0.251 e. The van der Waals surface area contributed by atoms with Gasteiger partial charge in [0, 0.05) is 49.2 Å². The molecule has 31 heavy (non-hydrogen) atoms. The molecule has 2 aromatic carbocycles. The van der Waals surface area contributed by atoms with Crippen LogP contribution in [-0.4, -0.2) is 58.8 Å². The molecule has 1 saturated heterocycles. The van der Waals surface area contributed by atoms with E-state index in [1.54, 1.807) is 30.4 Å². The topological polar surface area (TPSA) is 65.5 Å². The van der Waals surface area contributed by atoms with Crippen LogP contribution in [0.4, 0.5) is 0 Å². The molecule has 0 radical (unpaired) electrons. The van der Waals surface area contributed by atoms with Crippen molar-refractivity contribution < 1.29 is 9.59 Å². The number of benzene rings is 2. The number of amides is 2. The Morgan fingerprint density at radius 1 is 1.00 bits per heavy atom. The molecule has 2 amide bonds. The van der Waals surface area contributed by atoms with E-state index in [9.17, 15) is 9.59 Å². The van der Waals surface area contributed by atoms with Gasteiger partial charge < -0.3 is 10.2 Å². The average molecular weight is 435 g/mol. The second-order valence-electron chi connectivity index (χ2n) is 7.67. The lowest BCUT2D eigenvalue weighted by Gasteiger charge is -2.35. The lowest BCUT2D eigenvalue weighted by molar-refractivity contribution is -0.134. The maximum atomic E-state index is 12.8. The summed E-state index contributed by atoms with van der Waals surface area (Å²) in [4.78, 5) is 34.0. The summed E-state index contributed by atoms with van der Waals surface area (Å²) in [5.41, 5.74) is 2.76. The summed E-state index contributed by atoms with van der Waals surface area (Å²) >= 11 is 1.66. The molecule has 1 fully saturated rings. The highest BCUT2D eigenvalue weighted by Crippen LogP contribution is 2.24. The van der Waals surface area contributed by atoms with E-state index in [-0.39, 0.29) is 11.8 Å². The molecule has 3 aromatic rings. The molecular formula is C24H26N4O2S. The van der Waals surface area contributed by atoms with Crippen LogP contribution in [0, 0.1) is 0 Å². The van der Waals surface area contributed by atoms with Gasteiger partial charge in [0.2, 0.25) is 5.91 Å². The molecule has 1 aliphatic rings. The Kier molecular flexibility index (Phi) is 6.74. The van der Waals surface area contributed by atoms with Gasteiger partial charge in [-0.25, -0.2) is 4.98 Å². The Hall–Kier alpha value is -3.03. The van der Waals surface area contributed by atoms with E-state index in [1.165, 1.54) is 0 Å². The highest BCUT2D eigenvalue weighted by molar-refractivity contribution is 7.13. The first-order chi connectivity index (χ1) is 15.1. The number of aromatic nitrogens is 1. The SMILES string of the molecule is CC(NC(=O)c1ccccc1)C(=O)N1CCN(Cc2csc(-c3ccccc3)n2)CC1. The summed E-state index contributed by atoms with van der Waals surface area (Å²) < 4.78 is 0. The quantitative estimate of drug-likeness (QED) is 0.647. The zero-order valence-corrected chi connectivity index (χ0v) is 18.3. The number of carbonyl (C=O) groups is 2. The van der Waals surface area contributed by atoms with Gasteiger partial charge in [-0.1, -0.05) is 48.5 Å². The molecule has 2 heterocycles. The molecule has 0 saturated carbocycles. The predicted molar refractivity (Wildman–Crippen MR) is 123 cm³/mol. The number of nitrogens with zero attached hydrogens (tertiary/aromatic N) is 3. The van der Waals surface area contributed by atoms with Crippen molar-refractivity contribution in [3.8, 4) is 10.6 Å². The first kappa shape index (κ1) is 21.2. The van der Waals surface area contributed by atoms with Gasteiger partial charge >= 0.3 is 0 Å². The van der Waals surface area contributed by atoms with Crippen LogP contribution in [0.5, 0.6) is 0 Å². The Morgan fingerprint density at radius 3 is 2.32 bits per heavy atom. The number of piperazine rings is 1. The van der Waals surface area contributed by atoms with Crippen molar-refractivity contribution in [2.75, 3.05) is 26.2 Å². The summed E-state index contributed by atoms with van der Waals surface area (Å²) in [5, 5.41) is 5.96. The highest BCUT2D eigenvalue weighted by Gasteiger charge is 2.26. The fourth-order valence-electron chi connectivity index (χ4n) is 3.65. The molecular weight excluding hydrogens is 408 g/mol. The van der Waals surface area contributed by atoms with Crippen LogP contribution >= 0.6 is 11.3 Å². The maximum absolute atomic E-state index is 12.8. The highest BCUT2D eigenvalue weighted by atomic mass is 32.1. The van der Waals surface area contributed by atoms with Gasteiger partial charge in [0.15, 0.2) is 0 Å². The molecule has 0 bridgehead atoms. The summed E-state index contributed by atoms with van der Waals surface area (Å²) in [6, 6.07) is 18.6. The smallest absolute Gasteiger partial charge is 0.251 e. The van der Waals surface area contributed by atoms with Crippen molar-refractivity contribution >= 4 is 23.2 Å². The largest absolute Gasteiger partial charge is 0.341 e. The second kappa shape index (κ2) is 9.85. The third-order valence-corrected chi connectivity index (χ3v) is 6.34. The van der Waals surface area contributed by atoms with E-state index in [1.807, 2.05) is 41.3 Å². The Balaban J connectivity index is 1.26. The summed E-state index contributed by atoms with van der Waals surface area (Å²) in [6.45, 7) is 5.42. The van der Waals surface area contributed by atoms with Crippen molar-refractivity contribution in [2.45, 2.75) is 19.5 Å². The zero-order valence-electron chi connectivity index (χ0n) is 17.5. The van der Waals surface area contributed by atoms with Crippen molar-refractivity contribution in [3.63, 3.8) is 0 Å². The molecule has 0 spiro atoms. The molecule has 0 aliphatic carbocycles. The minimum absolute atomic E-state index is 0.0380. The van der Waals surface area contributed by atoms with Crippen LogP contribution in [0.25, 0.3) is 10.6 Å². The Morgan fingerprint density at radius 2 is 1.65 bits per heavy atom. The number of carbonyl (C=O) groups excluding carboxylic acids is 2. The van der Waals surface area contributed by atoms with E-state index in [0.29, 0.717) is 18.7 Å². The zero-order chi connectivity index (χ0) is 21.6. The van der Waals surface area contributed by atoms with Crippen LogP contribution in [0.1, 0.15) is 23.0 Å². The normalized spacial score (nSPS) is 15.5. The van der Waals surface area contributed by atoms with E-state index in [4.69, 9.17) is 4.98 Å². The van der Waals surface area contributed by atoms with Gasteiger partial charge in [-0.2, -0.15) is 0 Å². The van der Waals surface area contributed by atoms with Crippen molar-refractivity contribution in [1.29, 1.82) is 0 Å². The lowest BCUT2D eigenvalue weighted by atomic mass is 10.2. The fraction of sp³-hybridized carbons (Fsp3) is 0.292. The molecule has 4 rings (SSSR count). The molecule has 1 unspecified atom stereocenters. The van der Waals surface area contributed by atoms with Crippen LogP contribution in [-0.2, 0) is 11.3 Å². The molecule has 6 nitrogen and oxygen atoms in total. The molecule has 1 aromatic heterocycles. The molecule has 160 valence electrons. The summed E-state index contributed by atoms with van der Waals surface area (Å²) in [7, 11) is 0. The van der Waals surface area contributed by atoms with Gasteiger partial charge in [-0.3, -0.25) is 14.5 Å². The summed E-state index contributed by atoms with van der Waals surface area (Å²) in [6.07, 6.45) is 0. The third-order valence-electron chi connectivity index (χ3n) is 5.40. The molecule has 1 aliphatic heterocycles. The monoisotopic (exact) mass is 434 g/mol. The molecule has 1 N–H and O–H groups in total. The minimum atomic E-state index is -0.550. The third kappa shape index (κ3) is 5.37. The van der Waals surface area contributed by atoms with E-state index >= 15 is 0 Å². The Labute approximate surface area is 186 Å². The first-order valence-electron chi connectivity index (χ1n) is 10.5. The van der Waals surface area contributed by atoms with E-state index < -0.39 is 6.04 Å². The van der Waals surface area contributed by atoms with Crippen molar-refractivity contribution in [1.82, 2.24) is 20.1 Å². The van der Waals surface area contributed by atoms with Crippen LogP contribution < -0.4 is 5.32 Å². The number of hydrogen-bond acceptors (Lipinski definition) is 5. The number of thiazole rings is 1. The van der Waals surface area contributed by atoms with Gasteiger partial charge in [-0.15, -0.1) is 11.3 Å². The van der Waals surface area contributed by atoms with E-state index in [0.717, 1.165) is 35.9 Å². The standard InChI is InChI=1S/C24H26N4O2S/c1-18(25-22(29)19-8-4-2-5-9-19)24(30)28-14-12-27(13-15-28)16-21-17-31-23(26-21)20-10-6-3-7-11-20/h2-11,17-18H,12-16H2,1H3,(H,25,29). The fourth-order valence-corrected chi connectivity index (χ4v) is 4.47. The van der Waals surface area contributed by atoms with Crippen LogP contribution in [0.15, 0.2) is 66.0 Å². The van der Waals surface area contributed by atoms with Crippen molar-refractivity contribution in [3.05, 3.63) is 77.3 Å². The minimum Gasteiger partial charge on any atom is -0.341 e. The summed E-state index contributed by atoms with van der Waals surface area (Å²) in [5.74, 6) is -0.262. The van der Waals surface area contributed by atoms with Gasteiger partial charge in [0.05, 0.1) is 5.69 Å². The van der Waals surface area contributed by atoms with Crippen LogP contribution in [0.3, 0.4) is 0 Å². The van der Waals surface area contributed by atoms with Gasteiger partial charge in [-0.05, 0) is 19.1 Å². The molecule has 7 heteroatoms. The number of rotatable bonds is 6.